The van der Waals surface area contributed by atoms with Gasteiger partial charge in [0.2, 0.25) is 0 Å². The molecule has 1 aromatic carbocycles. The molecule has 1 saturated carbocycles. The molecule has 2 N–H and O–H groups in total. The first-order chi connectivity index (χ1) is 6.04. The third-order valence-electron chi connectivity index (χ3n) is 2.33. The highest BCUT2D eigenvalue weighted by atomic mass is 79.9. The molecule has 0 aromatic heterocycles. The summed E-state index contributed by atoms with van der Waals surface area (Å²) in [7, 11) is 0. The monoisotopic (exact) mass is 283 g/mol. The lowest BCUT2D eigenvalue weighted by Gasteiger charge is -2.12. The van der Waals surface area contributed by atoms with Gasteiger partial charge in [0.05, 0.1) is 0 Å². The highest BCUT2D eigenvalue weighted by Crippen LogP contribution is 2.46. The molecule has 0 bridgehead atoms. The molecule has 78 valence electrons. The number of hydrogen-bond acceptors (Lipinski definition) is 1. The van der Waals surface area contributed by atoms with Gasteiger partial charge in [-0.1, -0.05) is 15.9 Å². The van der Waals surface area contributed by atoms with E-state index in [1.54, 1.807) is 0 Å². The molecule has 0 unspecified atom stereocenters. The summed E-state index contributed by atoms with van der Waals surface area (Å²) in [5.74, 6) is -1.66. The van der Waals surface area contributed by atoms with Crippen molar-refractivity contribution in [2.24, 2.45) is 5.73 Å². The first kappa shape index (κ1) is 11.9. The highest BCUT2D eigenvalue weighted by molar-refractivity contribution is 9.10. The molecule has 1 fully saturated rings. The molecule has 0 amide bonds. The van der Waals surface area contributed by atoms with Gasteiger partial charge in [0.25, 0.3) is 0 Å². The summed E-state index contributed by atoms with van der Waals surface area (Å²) in [6.45, 7) is 0. The minimum absolute atomic E-state index is 0. The number of rotatable bonds is 1. The van der Waals surface area contributed by atoms with Gasteiger partial charge in [-0.15, -0.1) is 12.4 Å². The van der Waals surface area contributed by atoms with Crippen molar-refractivity contribution < 1.29 is 8.78 Å². The van der Waals surface area contributed by atoms with Crippen LogP contribution in [-0.4, -0.2) is 0 Å². The van der Waals surface area contributed by atoms with E-state index in [1.807, 2.05) is 0 Å². The average molecular weight is 285 g/mol. The van der Waals surface area contributed by atoms with Crippen LogP contribution < -0.4 is 5.73 Å². The van der Waals surface area contributed by atoms with Crippen LogP contribution in [0.1, 0.15) is 18.4 Å². The van der Waals surface area contributed by atoms with Crippen molar-refractivity contribution in [3.8, 4) is 0 Å². The van der Waals surface area contributed by atoms with Crippen LogP contribution in [0.25, 0.3) is 0 Å². The van der Waals surface area contributed by atoms with E-state index < -0.39 is 17.2 Å². The summed E-state index contributed by atoms with van der Waals surface area (Å²) >= 11 is 3.17. The number of nitrogens with two attached hydrogens (primary N) is 1. The fraction of sp³-hybridized carbons (Fsp3) is 0.333. The van der Waals surface area contributed by atoms with Gasteiger partial charge in [-0.3, -0.25) is 0 Å². The predicted molar refractivity (Wildman–Crippen MR) is 56.4 cm³/mol. The van der Waals surface area contributed by atoms with Crippen LogP contribution in [0.2, 0.25) is 0 Å². The van der Waals surface area contributed by atoms with E-state index in [9.17, 15) is 8.78 Å². The molecule has 0 spiro atoms. The normalized spacial score (nSPS) is 17.4. The molecule has 1 aliphatic carbocycles. The van der Waals surface area contributed by atoms with Gasteiger partial charge in [0, 0.05) is 15.6 Å². The van der Waals surface area contributed by atoms with Crippen LogP contribution >= 0.6 is 28.3 Å². The Morgan fingerprint density at radius 1 is 1.29 bits per heavy atom. The molecule has 0 aliphatic heterocycles. The van der Waals surface area contributed by atoms with Crippen LogP contribution in [0.3, 0.4) is 0 Å². The molecule has 1 nitrogen and oxygen atoms in total. The SMILES string of the molecule is Cl.NC1(c2c(Br)ccc(F)c2F)CC1. The second-order valence-electron chi connectivity index (χ2n) is 3.37. The van der Waals surface area contributed by atoms with Gasteiger partial charge in [0.1, 0.15) is 0 Å². The molecule has 14 heavy (non-hydrogen) atoms. The molecule has 2 rings (SSSR count). The largest absolute Gasteiger partial charge is 0.321 e. The molecule has 0 atom stereocenters. The van der Waals surface area contributed by atoms with E-state index in [2.05, 4.69) is 15.9 Å². The van der Waals surface area contributed by atoms with Crippen molar-refractivity contribution in [1.29, 1.82) is 0 Å². The first-order valence-corrected chi connectivity index (χ1v) is 4.77. The van der Waals surface area contributed by atoms with Crippen LogP contribution in [0.4, 0.5) is 8.78 Å². The van der Waals surface area contributed by atoms with Gasteiger partial charge >= 0.3 is 0 Å². The summed E-state index contributed by atoms with van der Waals surface area (Å²) < 4.78 is 26.7. The molecular weight excluding hydrogens is 275 g/mol. The fourth-order valence-corrected chi connectivity index (χ4v) is 2.07. The van der Waals surface area contributed by atoms with Crippen molar-refractivity contribution in [2.75, 3.05) is 0 Å². The molecule has 5 heteroatoms. The van der Waals surface area contributed by atoms with Crippen molar-refractivity contribution in [1.82, 2.24) is 0 Å². The Labute approximate surface area is 95.2 Å². The maximum Gasteiger partial charge on any atom is 0.164 e. The quantitative estimate of drug-likeness (QED) is 0.788. The zero-order valence-electron chi connectivity index (χ0n) is 7.19. The number of hydrogen-bond donors (Lipinski definition) is 1. The predicted octanol–water partition coefficient (Wildman–Crippen LogP) is 3.10. The number of benzene rings is 1. The van der Waals surface area contributed by atoms with Crippen molar-refractivity contribution in [3.63, 3.8) is 0 Å². The fourth-order valence-electron chi connectivity index (χ4n) is 1.37. The van der Waals surface area contributed by atoms with Crippen LogP contribution in [0.5, 0.6) is 0 Å². The van der Waals surface area contributed by atoms with Crippen LogP contribution in [0, 0.1) is 11.6 Å². The lowest BCUT2D eigenvalue weighted by Crippen LogP contribution is -2.21. The standard InChI is InChI=1S/C9H8BrF2N.ClH/c10-5-1-2-6(11)8(12)7(5)9(13)3-4-9;/h1-2H,3-4,13H2;1H. The zero-order chi connectivity index (χ0) is 9.64. The minimum atomic E-state index is -0.838. The van der Waals surface area contributed by atoms with E-state index in [0.29, 0.717) is 17.3 Å². The maximum absolute atomic E-state index is 13.3. The summed E-state index contributed by atoms with van der Waals surface area (Å²) in [6.07, 6.45) is 1.43. The Bertz CT molecular complexity index is 366. The second-order valence-corrected chi connectivity index (χ2v) is 4.23. The Morgan fingerprint density at radius 2 is 1.86 bits per heavy atom. The molecular formula is C9H9BrClF2N. The van der Waals surface area contributed by atoms with Crippen molar-refractivity contribution >= 4 is 28.3 Å². The van der Waals surface area contributed by atoms with Crippen LogP contribution in [0.15, 0.2) is 16.6 Å². The van der Waals surface area contributed by atoms with Crippen molar-refractivity contribution in [3.05, 3.63) is 33.8 Å². The van der Waals surface area contributed by atoms with Gasteiger partial charge in [-0.05, 0) is 25.0 Å². The number of halogens is 4. The lowest BCUT2D eigenvalue weighted by atomic mass is 10.1. The van der Waals surface area contributed by atoms with E-state index >= 15 is 0 Å². The van der Waals surface area contributed by atoms with Gasteiger partial charge in [0.15, 0.2) is 11.6 Å². The summed E-state index contributed by atoms with van der Waals surface area (Å²) in [5.41, 5.74) is 5.42. The molecule has 0 radical (unpaired) electrons. The second kappa shape index (κ2) is 3.76. The van der Waals surface area contributed by atoms with Gasteiger partial charge in [-0.25, -0.2) is 8.78 Å². The third kappa shape index (κ3) is 1.78. The smallest absolute Gasteiger partial charge is 0.164 e. The molecule has 1 aliphatic rings. The van der Waals surface area contributed by atoms with E-state index in [0.717, 1.165) is 6.07 Å². The zero-order valence-corrected chi connectivity index (χ0v) is 9.59. The van der Waals surface area contributed by atoms with Gasteiger partial charge < -0.3 is 5.73 Å². The Morgan fingerprint density at radius 3 is 2.36 bits per heavy atom. The summed E-state index contributed by atoms with van der Waals surface area (Å²) in [6, 6.07) is 2.58. The highest BCUT2D eigenvalue weighted by Gasteiger charge is 2.44. The first-order valence-electron chi connectivity index (χ1n) is 3.97. The van der Waals surface area contributed by atoms with Crippen molar-refractivity contribution in [2.45, 2.75) is 18.4 Å². The third-order valence-corrected chi connectivity index (χ3v) is 2.99. The van der Waals surface area contributed by atoms with E-state index in [4.69, 9.17) is 5.73 Å². The summed E-state index contributed by atoms with van der Waals surface area (Å²) in [4.78, 5) is 0. The molecule has 0 saturated heterocycles. The Kier molecular flexibility index (Phi) is 3.19. The van der Waals surface area contributed by atoms with Crippen LogP contribution in [-0.2, 0) is 5.54 Å². The lowest BCUT2D eigenvalue weighted by molar-refractivity contribution is 0.484. The maximum atomic E-state index is 13.3. The molecule has 1 aromatic rings. The Hall–Kier alpha value is -0.190. The molecule has 0 heterocycles. The van der Waals surface area contributed by atoms with E-state index in [-0.39, 0.29) is 18.0 Å². The van der Waals surface area contributed by atoms with Gasteiger partial charge in [-0.2, -0.15) is 0 Å². The average Bonchev–Trinajstić information content (AvgIpc) is 2.78. The van der Waals surface area contributed by atoms with E-state index in [1.165, 1.54) is 6.07 Å². The summed E-state index contributed by atoms with van der Waals surface area (Å²) in [5, 5.41) is 0. The Balaban J connectivity index is 0.000000980. The topological polar surface area (TPSA) is 26.0 Å². The minimum Gasteiger partial charge on any atom is -0.321 e.